The van der Waals surface area contributed by atoms with Gasteiger partial charge in [0.25, 0.3) is 0 Å². The smallest absolute Gasteiger partial charge is 0.238 e. The Balaban J connectivity index is 2.80. The second-order valence-corrected chi connectivity index (χ2v) is 5.35. The van der Waals surface area contributed by atoms with Crippen molar-refractivity contribution in [3.05, 3.63) is 23.0 Å². The van der Waals surface area contributed by atoms with E-state index in [4.69, 9.17) is 17.4 Å². The van der Waals surface area contributed by atoms with E-state index in [0.717, 1.165) is 12.1 Å². The van der Waals surface area contributed by atoms with Crippen LogP contribution in [0.15, 0.2) is 23.1 Å². The topological polar surface area (TPSA) is 80.9 Å². The number of H-pyrrole nitrogens is 1. The summed E-state index contributed by atoms with van der Waals surface area (Å²) in [4.78, 5) is 3.03. The Morgan fingerprint density at radius 2 is 2.19 bits per heavy atom. The van der Waals surface area contributed by atoms with Crippen molar-refractivity contribution >= 4 is 33.3 Å². The summed E-state index contributed by atoms with van der Waals surface area (Å²) in [5.74, 6) is 0. The highest BCUT2D eigenvalue weighted by molar-refractivity contribution is 7.89. The van der Waals surface area contributed by atoms with Crippen LogP contribution in [0.5, 0.6) is 0 Å². The standard InChI is InChI=1S/C9H11N3O2S2/c1-2-12-8-4-3-6(16(10,13)14)5-7(8)11-9(12)15/h3-5H,2H2,1H3,(H,11,15)(H2,10,13,14). The molecule has 0 bridgehead atoms. The van der Waals surface area contributed by atoms with E-state index in [-0.39, 0.29) is 4.90 Å². The molecule has 5 nitrogen and oxygen atoms in total. The summed E-state index contributed by atoms with van der Waals surface area (Å²) < 4.78 is 24.8. The maximum absolute atomic E-state index is 11.2. The fourth-order valence-electron chi connectivity index (χ4n) is 1.63. The molecule has 0 atom stereocenters. The molecule has 0 saturated carbocycles. The van der Waals surface area contributed by atoms with Crippen LogP contribution in [0.2, 0.25) is 0 Å². The Bertz CT molecular complexity index is 697. The molecule has 0 radical (unpaired) electrons. The molecule has 0 saturated heterocycles. The number of fused-ring (bicyclic) bond motifs is 1. The Kier molecular flexibility index (Phi) is 2.61. The van der Waals surface area contributed by atoms with Gasteiger partial charge in [-0.2, -0.15) is 0 Å². The summed E-state index contributed by atoms with van der Waals surface area (Å²) in [6.07, 6.45) is 0. The number of imidazole rings is 1. The molecule has 0 unspecified atom stereocenters. The number of hydrogen-bond donors (Lipinski definition) is 2. The maximum atomic E-state index is 11.2. The number of nitrogens with two attached hydrogens (primary N) is 1. The van der Waals surface area contributed by atoms with Crippen LogP contribution in [0.25, 0.3) is 11.0 Å². The van der Waals surface area contributed by atoms with Crippen LogP contribution >= 0.6 is 12.2 Å². The first-order chi connectivity index (χ1) is 7.43. The summed E-state index contributed by atoms with van der Waals surface area (Å²) in [6, 6.07) is 4.67. The fraction of sp³-hybridized carbons (Fsp3) is 0.222. The first kappa shape index (κ1) is 11.3. The Labute approximate surface area is 97.9 Å². The lowest BCUT2D eigenvalue weighted by Crippen LogP contribution is -2.11. The van der Waals surface area contributed by atoms with E-state index in [2.05, 4.69) is 4.98 Å². The van der Waals surface area contributed by atoms with E-state index in [9.17, 15) is 8.42 Å². The molecular weight excluding hydrogens is 246 g/mol. The van der Waals surface area contributed by atoms with Crippen molar-refractivity contribution in [3.63, 3.8) is 0 Å². The average Bonchev–Trinajstić information content (AvgIpc) is 2.50. The first-order valence-corrected chi connectivity index (χ1v) is 6.64. The highest BCUT2D eigenvalue weighted by Crippen LogP contribution is 2.18. The molecule has 0 aliphatic carbocycles. The molecule has 2 aromatic rings. The summed E-state index contributed by atoms with van der Waals surface area (Å²) >= 11 is 5.12. The van der Waals surface area contributed by atoms with Gasteiger partial charge in [-0.25, -0.2) is 13.6 Å². The predicted octanol–water partition coefficient (Wildman–Crippen LogP) is 1.37. The van der Waals surface area contributed by atoms with E-state index >= 15 is 0 Å². The SMILES string of the molecule is CCn1c(=S)[nH]c2cc(S(N)(=O)=O)ccc21. The fourth-order valence-corrected chi connectivity index (χ4v) is 2.51. The molecule has 3 N–H and O–H groups in total. The largest absolute Gasteiger partial charge is 0.331 e. The number of sulfonamides is 1. The van der Waals surface area contributed by atoms with Gasteiger partial charge >= 0.3 is 0 Å². The summed E-state index contributed by atoms with van der Waals surface area (Å²) in [5, 5.41) is 5.05. The lowest BCUT2D eigenvalue weighted by atomic mass is 10.3. The van der Waals surface area contributed by atoms with Crippen molar-refractivity contribution < 1.29 is 8.42 Å². The molecule has 86 valence electrons. The van der Waals surface area contributed by atoms with Crippen LogP contribution in [0, 0.1) is 4.77 Å². The molecular formula is C9H11N3O2S2. The lowest BCUT2D eigenvalue weighted by molar-refractivity contribution is 0.598. The van der Waals surface area contributed by atoms with Crippen molar-refractivity contribution in [1.29, 1.82) is 0 Å². The second-order valence-electron chi connectivity index (χ2n) is 3.40. The molecule has 0 aliphatic heterocycles. The van der Waals surface area contributed by atoms with Crippen LogP contribution in [-0.4, -0.2) is 18.0 Å². The van der Waals surface area contributed by atoms with Gasteiger partial charge in [-0.1, -0.05) is 0 Å². The van der Waals surface area contributed by atoms with Gasteiger partial charge in [-0.05, 0) is 37.3 Å². The molecule has 0 fully saturated rings. The number of aromatic nitrogens is 2. The predicted molar refractivity (Wildman–Crippen MR) is 64.2 cm³/mol. The van der Waals surface area contributed by atoms with E-state index in [1.165, 1.54) is 12.1 Å². The van der Waals surface area contributed by atoms with Crippen molar-refractivity contribution in [2.75, 3.05) is 0 Å². The normalized spacial score (nSPS) is 12.1. The molecule has 1 heterocycles. The van der Waals surface area contributed by atoms with Crippen LogP contribution in [0.1, 0.15) is 6.92 Å². The van der Waals surface area contributed by atoms with Crippen LogP contribution in [0.4, 0.5) is 0 Å². The van der Waals surface area contributed by atoms with E-state index in [1.807, 2.05) is 11.5 Å². The van der Waals surface area contributed by atoms with Gasteiger partial charge < -0.3 is 9.55 Å². The number of benzene rings is 1. The summed E-state index contributed by atoms with van der Waals surface area (Å²) in [6.45, 7) is 2.70. The van der Waals surface area contributed by atoms with Gasteiger partial charge in [-0.3, -0.25) is 0 Å². The Hall–Kier alpha value is -1.18. The van der Waals surface area contributed by atoms with Gasteiger partial charge in [0.15, 0.2) is 4.77 Å². The van der Waals surface area contributed by atoms with Crippen LogP contribution < -0.4 is 5.14 Å². The maximum Gasteiger partial charge on any atom is 0.238 e. The number of hydrogen-bond acceptors (Lipinski definition) is 3. The lowest BCUT2D eigenvalue weighted by Gasteiger charge is -2.00. The third kappa shape index (κ3) is 1.77. The quantitative estimate of drug-likeness (QED) is 0.797. The minimum atomic E-state index is -3.67. The molecule has 16 heavy (non-hydrogen) atoms. The molecule has 1 aromatic heterocycles. The number of rotatable bonds is 2. The monoisotopic (exact) mass is 257 g/mol. The number of aromatic amines is 1. The molecule has 7 heteroatoms. The van der Waals surface area contributed by atoms with Crippen LogP contribution in [0.3, 0.4) is 0 Å². The van der Waals surface area contributed by atoms with Gasteiger partial charge in [0, 0.05) is 6.54 Å². The van der Waals surface area contributed by atoms with Gasteiger partial charge in [0.05, 0.1) is 15.9 Å². The molecule has 2 rings (SSSR count). The summed E-state index contributed by atoms with van der Waals surface area (Å²) in [7, 11) is -3.67. The minimum absolute atomic E-state index is 0.0829. The number of nitrogens with one attached hydrogen (secondary N) is 1. The number of nitrogens with zero attached hydrogens (tertiary/aromatic N) is 1. The molecule has 0 spiro atoms. The molecule has 1 aromatic carbocycles. The van der Waals surface area contributed by atoms with E-state index in [1.54, 1.807) is 6.07 Å². The highest BCUT2D eigenvalue weighted by Gasteiger charge is 2.10. The average molecular weight is 257 g/mol. The zero-order chi connectivity index (χ0) is 11.9. The van der Waals surface area contributed by atoms with E-state index in [0.29, 0.717) is 10.3 Å². The van der Waals surface area contributed by atoms with Gasteiger partial charge in [0.1, 0.15) is 0 Å². The van der Waals surface area contributed by atoms with Gasteiger partial charge in [-0.15, -0.1) is 0 Å². The van der Waals surface area contributed by atoms with Gasteiger partial charge in [0.2, 0.25) is 10.0 Å². The van der Waals surface area contributed by atoms with Crippen molar-refractivity contribution in [2.24, 2.45) is 5.14 Å². The second kappa shape index (κ2) is 3.69. The van der Waals surface area contributed by atoms with Crippen molar-refractivity contribution in [1.82, 2.24) is 9.55 Å². The molecule has 0 amide bonds. The third-order valence-electron chi connectivity index (χ3n) is 2.39. The van der Waals surface area contributed by atoms with Crippen molar-refractivity contribution in [3.8, 4) is 0 Å². The Morgan fingerprint density at radius 1 is 1.50 bits per heavy atom. The molecule has 0 aliphatic rings. The number of primary sulfonamides is 1. The Morgan fingerprint density at radius 3 is 2.75 bits per heavy atom. The zero-order valence-corrected chi connectivity index (χ0v) is 10.2. The minimum Gasteiger partial charge on any atom is -0.331 e. The van der Waals surface area contributed by atoms with Crippen LogP contribution in [-0.2, 0) is 16.6 Å². The highest BCUT2D eigenvalue weighted by atomic mass is 32.2. The third-order valence-corrected chi connectivity index (χ3v) is 3.62. The first-order valence-electron chi connectivity index (χ1n) is 4.69. The zero-order valence-electron chi connectivity index (χ0n) is 8.60. The number of aryl methyl sites for hydroxylation is 1. The van der Waals surface area contributed by atoms with Crippen molar-refractivity contribution in [2.45, 2.75) is 18.4 Å². The summed E-state index contributed by atoms with van der Waals surface area (Å²) in [5.41, 5.74) is 1.55. The van der Waals surface area contributed by atoms with E-state index < -0.39 is 10.0 Å².